The Hall–Kier alpha value is 0.434. The fraction of sp³-hybridized carbons (Fsp3) is 0.875. The van der Waals surface area contributed by atoms with Crippen molar-refractivity contribution < 1.29 is 0 Å². The van der Waals surface area contributed by atoms with Crippen molar-refractivity contribution in [3.05, 3.63) is 5.67 Å². The Kier molecular flexibility index (Phi) is 2.12. The second kappa shape index (κ2) is 2.48. The Morgan fingerprint density at radius 2 is 1.30 bits per heavy atom. The van der Waals surface area contributed by atoms with Gasteiger partial charge in [-0.3, -0.25) is 0 Å². The Labute approximate surface area is 67.0 Å². The molecule has 1 heterocycles. The molecule has 1 saturated heterocycles. The van der Waals surface area contributed by atoms with Gasteiger partial charge < -0.3 is 0 Å². The van der Waals surface area contributed by atoms with Crippen LogP contribution in [-0.4, -0.2) is 16.1 Å². The van der Waals surface area contributed by atoms with Gasteiger partial charge in [0.2, 0.25) is 0 Å². The molecule has 0 unspecified atom stereocenters. The summed E-state index contributed by atoms with van der Waals surface area (Å²) in [5.41, 5.74) is 2.80. The summed E-state index contributed by atoms with van der Waals surface area (Å²) >= 11 is 0. The average Bonchev–Trinajstić information content (AvgIpc) is 1.56. The van der Waals surface area contributed by atoms with Crippen LogP contribution >= 0.6 is 0 Å². The standard InChI is InChI=1S/C8H19Si2/c1-9(2)6-5-7-10(3,4)8-9/h8H,5-7H2,1-4H3. The number of rotatable bonds is 0. The summed E-state index contributed by atoms with van der Waals surface area (Å²) in [7, 11) is -1.58. The fourth-order valence-corrected chi connectivity index (χ4v) is 14.3. The van der Waals surface area contributed by atoms with E-state index in [1.807, 2.05) is 0 Å². The van der Waals surface area contributed by atoms with E-state index in [1.54, 1.807) is 12.1 Å². The molecule has 0 aromatic rings. The molecule has 0 aromatic heterocycles. The SMILES string of the molecule is C[Si]1(C)[CH][Si](C)(C)CCC1. The zero-order valence-corrected chi connectivity index (χ0v) is 9.70. The van der Waals surface area contributed by atoms with Crippen molar-refractivity contribution in [2.75, 3.05) is 0 Å². The first-order valence-electron chi connectivity index (χ1n) is 4.28. The van der Waals surface area contributed by atoms with E-state index in [9.17, 15) is 0 Å². The molecule has 1 fully saturated rings. The smallest absolute Gasteiger partial charge is 0.0475 e. The van der Waals surface area contributed by atoms with Crippen LogP contribution in [0.25, 0.3) is 0 Å². The highest BCUT2D eigenvalue weighted by molar-refractivity contribution is 7.01. The van der Waals surface area contributed by atoms with Crippen LogP contribution < -0.4 is 0 Å². The first-order valence-corrected chi connectivity index (χ1v) is 10.9. The van der Waals surface area contributed by atoms with Gasteiger partial charge in [-0.05, 0) is 0 Å². The van der Waals surface area contributed by atoms with Crippen LogP contribution in [0.5, 0.6) is 0 Å². The maximum Gasteiger partial charge on any atom is 0.0475 e. The second-order valence-electron chi connectivity index (χ2n) is 4.98. The van der Waals surface area contributed by atoms with Crippen LogP contribution in [0.3, 0.4) is 0 Å². The molecule has 10 heavy (non-hydrogen) atoms. The Bertz CT molecular complexity index is 113. The highest BCUT2D eigenvalue weighted by Crippen LogP contribution is 2.32. The van der Waals surface area contributed by atoms with E-state index in [2.05, 4.69) is 31.9 Å². The van der Waals surface area contributed by atoms with E-state index in [-0.39, 0.29) is 0 Å². The van der Waals surface area contributed by atoms with E-state index in [0.29, 0.717) is 0 Å². The summed E-state index contributed by atoms with van der Waals surface area (Å²) in [6.07, 6.45) is 1.52. The van der Waals surface area contributed by atoms with Crippen LogP contribution in [-0.2, 0) is 0 Å². The molecular formula is C8H19Si2. The average molecular weight is 171 g/mol. The summed E-state index contributed by atoms with van der Waals surface area (Å²) in [5, 5.41) is 0. The minimum atomic E-state index is -0.789. The lowest BCUT2D eigenvalue weighted by Crippen LogP contribution is -2.45. The highest BCUT2D eigenvalue weighted by atomic mass is 28.4. The molecule has 0 nitrogen and oxygen atoms in total. The number of hydrogen-bond donors (Lipinski definition) is 0. The lowest BCUT2D eigenvalue weighted by atomic mass is 10.6. The van der Waals surface area contributed by atoms with Gasteiger partial charge in [-0.1, -0.05) is 50.4 Å². The molecule has 0 saturated carbocycles. The Morgan fingerprint density at radius 3 is 1.50 bits per heavy atom. The van der Waals surface area contributed by atoms with Crippen molar-refractivity contribution in [1.29, 1.82) is 0 Å². The van der Waals surface area contributed by atoms with Gasteiger partial charge in [-0.15, -0.1) is 0 Å². The molecule has 0 spiro atoms. The Morgan fingerprint density at radius 1 is 0.900 bits per heavy atom. The predicted molar refractivity (Wildman–Crippen MR) is 53.5 cm³/mol. The van der Waals surface area contributed by atoms with Gasteiger partial charge >= 0.3 is 0 Å². The minimum Gasteiger partial charge on any atom is -0.0694 e. The largest absolute Gasteiger partial charge is 0.0694 e. The second-order valence-corrected chi connectivity index (χ2v) is 15.1. The molecule has 2 heteroatoms. The third-order valence-corrected chi connectivity index (χ3v) is 12.0. The maximum atomic E-state index is 2.80. The first-order chi connectivity index (χ1) is 4.41. The lowest BCUT2D eigenvalue weighted by molar-refractivity contribution is 0.996. The third-order valence-electron chi connectivity index (χ3n) is 2.42. The Balaban J connectivity index is 2.56. The van der Waals surface area contributed by atoms with Crippen LogP contribution in [0.2, 0.25) is 38.3 Å². The van der Waals surface area contributed by atoms with E-state index < -0.39 is 16.1 Å². The van der Waals surface area contributed by atoms with E-state index >= 15 is 0 Å². The molecule has 0 N–H and O–H groups in total. The first kappa shape index (κ1) is 8.53. The van der Waals surface area contributed by atoms with Crippen molar-refractivity contribution in [3.63, 3.8) is 0 Å². The monoisotopic (exact) mass is 171 g/mol. The van der Waals surface area contributed by atoms with E-state index in [0.717, 1.165) is 0 Å². The summed E-state index contributed by atoms with van der Waals surface area (Å²) in [6, 6.07) is 3.09. The summed E-state index contributed by atoms with van der Waals surface area (Å²) in [4.78, 5) is 0. The van der Waals surface area contributed by atoms with Crippen molar-refractivity contribution >= 4 is 16.1 Å². The molecule has 1 aliphatic rings. The summed E-state index contributed by atoms with van der Waals surface area (Å²) < 4.78 is 0. The maximum absolute atomic E-state index is 2.80. The van der Waals surface area contributed by atoms with Crippen molar-refractivity contribution in [1.82, 2.24) is 0 Å². The van der Waals surface area contributed by atoms with Gasteiger partial charge in [0.1, 0.15) is 0 Å². The van der Waals surface area contributed by atoms with E-state index in [1.165, 1.54) is 6.42 Å². The highest BCUT2D eigenvalue weighted by Gasteiger charge is 2.35. The van der Waals surface area contributed by atoms with Gasteiger partial charge in [-0.2, -0.15) is 0 Å². The lowest BCUT2D eigenvalue weighted by Gasteiger charge is -2.37. The molecular weight excluding hydrogens is 152 g/mol. The molecule has 1 aliphatic heterocycles. The van der Waals surface area contributed by atoms with Crippen LogP contribution in [0.4, 0.5) is 0 Å². The molecule has 1 rings (SSSR count). The topological polar surface area (TPSA) is 0 Å². The predicted octanol–water partition coefficient (Wildman–Crippen LogP) is 3.09. The fourth-order valence-electron chi connectivity index (χ4n) is 2.20. The number of hydrogen-bond acceptors (Lipinski definition) is 0. The normalized spacial score (nSPS) is 30.0. The van der Waals surface area contributed by atoms with Gasteiger partial charge in [0.05, 0.1) is 0 Å². The zero-order valence-electron chi connectivity index (χ0n) is 7.70. The molecule has 0 atom stereocenters. The van der Waals surface area contributed by atoms with Crippen molar-refractivity contribution in [2.45, 2.75) is 44.7 Å². The van der Waals surface area contributed by atoms with Crippen molar-refractivity contribution in [3.8, 4) is 0 Å². The van der Waals surface area contributed by atoms with Gasteiger partial charge in [0, 0.05) is 16.1 Å². The van der Waals surface area contributed by atoms with Gasteiger partial charge in [-0.25, -0.2) is 0 Å². The molecule has 59 valence electrons. The summed E-state index contributed by atoms with van der Waals surface area (Å²) in [6.45, 7) is 10.1. The van der Waals surface area contributed by atoms with Gasteiger partial charge in [0.15, 0.2) is 0 Å². The van der Waals surface area contributed by atoms with E-state index in [4.69, 9.17) is 0 Å². The molecule has 0 amide bonds. The molecule has 0 bridgehead atoms. The van der Waals surface area contributed by atoms with Crippen molar-refractivity contribution in [2.24, 2.45) is 0 Å². The summed E-state index contributed by atoms with van der Waals surface area (Å²) in [5.74, 6) is 0. The van der Waals surface area contributed by atoms with Crippen LogP contribution in [0.1, 0.15) is 6.42 Å². The van der Waals surface area contributed by atoms with Crippen LogP contribution in [0.15, 0.2) is 0 Å². The van der Waals surface area contributed by atoms with Crippen LogP contribution in [0, 0.1) is 5.67 Å². The molecule has 0 aliphatic carbocycles. The molecule has 1 radical (unpaired) electrons. The quantitative estimate of drug-likeness (QED) is 0.491. The zero-order chi connectivity index (χ0) is 7.83. The molecule has 0 aromatic carbocycles. The van der Waals surface area contributed by atoms with Gasteiger partial charge in [0.25, 0.3) is 0 Å². The minimum absolute atomic E-state index is 0.789. The third kappa shape index (κ3) is 2.24.